The molecule has 0 aromatic rings. The quantitative estimate of drug-likeness (QED) is 0.558. The van der Waals surface area contributed by atoms with Crippen LogP contribution in [0.25, 0.3) is 0 Å². The van der Waals surface area contributed by atoms with Gasteiger partial charge in [-0.25, -0.2) is 4.79 Å². The largest absolute Gasteiger partial charge is 0.495 e. The van der Waals surface area contributed by atoms with Crippen molar-refractivity contribution in [3.05, 3.63) is 23.5 Å². The molecule has 0 unspecified atom stereocenters. The van der Waals surface area contributed by atoms with Crippen molar-refractivity contribution in [3.8, 4) is 0 Å². The first kappa shape index (κ1) is 13.7. The monoisotopic (exact) mass is 246 g/mol. The minimum Gasteiger partial charge on any atom is -0.495 e. The van der Waals surface area contributed by atoms with Gasteiger partial charge in [0.2, 0.25) is 0 Å². The predicted molar refractivity (Wildman–Crippen MR) is 54.7 cm³/mol. The van der Waals surface area contributed by atoms with Crippen LogP contribution >= 0.6 is 0 Å². The maximum atomic E-state index is 10.9. The van der Waals surface area contributed by atoms with E-state index in [1.54, 1.807) is 0 Å². The first-order chi connectivity index (χ1) is 7.84. The fourth-order valence-corrected chi connectivity index (χ4v) is 1.57. The lowest BCUT2D eigenvalue weighted by Crippen LogP contribution is -2.58. The molecular formula is C10H14O7. The van der Waals surface area contributed by atoms with Gasteiger partial charge in [-0.2, -0.15) is 0 Å². The van der Waals surface area contributed by atoms with Gasteiger partial charge in [0.1, 0.15) is 0 Å². The van der Waals surface area contributed by atoms with E-state index in [-0.39, 0.29) is 11.3 Å². The summed E-state index contributed by atoms with van der Waals surface area (Å²) in [6, 6.07) is 0. The summed E-state index contributed by atoms with van der Waals surface area (Å²) < 4.78 is 14.5. The topological polar surface area (TPSA) is 105 Å². The van der Waals surface area contributed by atoms with E-state index in [0.717, 1.165) is 26.4 Å². The number of methoxy groups -OCH3 is 3. The molecule has 0 heterocycles. The summed E-state index contributed by atoms with van der Waals surface area (Å²) in [5, 5.41) is 28.7. The highest BCUT2D eigenvalue weighted by atomic mass is 16.7. The van der Waals surface area contributed by atoms with Crippen molar-refractivity contribution in [1.82, 2.24) is 0 Å². The third-order valence-electron chi connectivity index (χ3n) is 2.53. The van der Waals surface area contributed by atoms with Crippen LogP contribution in [0.15, 0.2) is 23.5 Å². The lowest BCUT2D eigenvalue weighted by Gasteiger charge is -2.41. The molecule has 17 heavy (non-hydrogen) atoms. The Kier molecular flexibility index (Phi) is 3.58. The summed E-state index contributed by atoms with van der Waals surface area (Å²) in [4.78, 5) is 10.9. The Labute approximate surface area is 97.5 Å². The summed E-state index contributed by atoms with van der Waals surface area (Å²) >= 11 is 0. The second kappa shape index (κ2) is 4.46. The summed E-state index contributed by atoms with van der Waals surface area (Å²) in [6.07, 6.45) is 1.94. The van der Waals surface area contributed by atoms with Crippen LogP contribution in [0.4, 0.5) is 0 Å². The Bertz CT molecular complexity index is 376. The molecule has 0 spiro atoms. The van der Waals surface area contributed by atoms with Crippen LogP contribution in [0.2, 0.25) is 0 Å². The molecule has 0 aromatic carbocycles. The molecule has 1 aliphatic rings. The molecule has 0 aliphatic heterocycles. The molecule has 0 fully saturated rings. The maximum absolute atomic E-state index is 10.9. The van der Waals surface area contributed by atoms with Gasteiger partial charge in [-0.3, -0.25) is 0 Å². The zero-order valence-corrected chi connectivity index (χ0v) is 9.63. The smallest absolute Gasteiger partial charge is 0.335 e. The van der Waals surface area contributed by atoms with Crippen molar-refractivity contribution >= 4 is 5.97 Å². The number of carbonyl (C=O) groups is 1. The molecule has 96 valence electrons. The van der Waals surface area contributed by atoms with Crippen LogP contribution in [0.1, 0.15) is 0 Å². The minimum atomic E-state index is -2.62. The van der Waals surface area contributed by atoms with Gasteiger partial charge in [0.15, 0.2) is 5.76 Å². The number of carboxylic acid groups (broad SMARTS) is 1. The standard InChI is InChI=1S/C10H14O7/c1-15-7-4-6(8(11)12)5-9(16-2,17-3)10(7,13)14/h4-5,13-14H,1-3H3,(H,11,12). The number of aliphatic carboxylic acids is 1. The van der Waals surface area contributed by atoms with E-state index in [1.165, 1.54) is 7.11 Å². The zero-order valence-electron chi connectivity index (χ0n) is 9.63. The lowest BCUT2D eigenvalue weighted by molar-refractivity contribution is -0.344. The molecule has 0 radical (unpaired) electrons. The second-order valence-corrected chi connectivity index (χ2v) is 3.37. The SMILES string of the molecule is COC1=CC(C(=O)O)=CC(OC)(OC)C1(O)O. The number of carboxylic acids is 1. The summed E-state index contributed by atoms with van der Waals surface area (Å²) in [5.74, 6) is -6.32. The second-order valence-electron chi connectivity index (χ2n) is 3.37. The minimum absolute atomic E-state index is 0.232. The molecule has 0 saturated heterocycles. The first-order valence-electron chi connectivity index (χ1n) is 4.62. The van der Waals surface area contributed by atoms with Gasteiger partial charge in [-0.15, -0.1) is 0 Å². The Hall–Kier alpha value is -1.41. The van der Waals surface area contributed by atoms with Gasteiger partial charge in [-0.05, 0) is 12.2 Å². The molecule has 3 N–H and O–H groups in total. The van der Waals surface area contributed by atoms with Crippen molar-refractivity contribution in [2.45, 2.75) is 11.6 Å². The number of hydrogen-bond donors (Lipinski definition) is 3. The van der Waals surface area contributed by atoms with Crippen molar-refractivity contribution in [1.29, 1.82) is 0 Å². The Morgan fingerprint density at radius 3 is 2.12 bits per heavy atom. The fourth-order valence-electron chi connectivity index (χ4n) is 1.57. The normalized spacial score (nSPS) is 21.5. The summed E-state index contributed by atoms with van der Waals surface area (Å²) in [6.45, 7) is 0. The van der Waals surface area contributed by atoms with Crippen LogP contribution in [0, 0.1) is 0 Å². The van der Waals surface area contributed by atoms with Gasteiger partial charge in [0.25, 0.3) is 11.6 Å². The van der Waals surface area contributed by atoms with Crippen molar-refractivity contribution in [2.24, 2.45) is 0 Å². The molecule has 0 saturated carbocycles. The Morgan fingerprint density at radius 1 is 1.24 bits per heavy atom. The molecule has 1 aliphatic carbocycles. The molecule has 0 amide bonds. The Balaban J connectivity index is 3.39. The van der Waals surface area contributed by atoms with Gasteiger partial charge in [-0.1, -0.05) is 0 Å². The number of rotatable bonds is 4. The van der Waals surface area contributed by atoms with Crippen LogP contribution in [0.3, 0.4) is 0 Å². The third kappa shape index (κ3) is 1.93. The molecular weight excluding hydrogens is 232 g/mol. The highest BCUT2D eigenvalue weighted by molar-refractivity contribution is 5.90. The van der Waals surface area contributed by atoms with E-state index in [0.29, 0.717) is 0 Å². The average molecular weight is 246 g/mol. The fraction of sp³-hybridized carbons (Fsp3) is 0.500. The molecule has 7 heteroatoms. The lowest BCUT2D eigenvalue weighted by atomic mass is 9.93. The molecule has 0 atom stereocenters. The van der Waals surface area contributed by atoms with Gasteiger partial charge >= 0.3 is 5.97 Å². The van der Waals surface area contributed by atoms with Gasteiger partial charge < -0.3 is 29.5 Å². The Morgan fingerprint density at radius 2 is 1.76 bits per heavy atom. The van der Waals surface area contributed by atoms with E-state index < -0.39 is 17.5 Å². The predicted octanol–water partition coefficient (Wildman–Crippen LogP) is -0.789. The average Bonchev–Trinajstić information content (AvgIpc) is 2.28. The van der Waals surface area contributed by atoms with E-state index in [1.807, 2.05) is 0 Å². The van der Waals surface area contributed by atoms with Gasteiger partial charge in [0.05, 0.1) is 12.7 Å². The van der Waals surface area contributed by atoms with Crippen LogP contribution in [-0.4, -0.2) is 54.2 Å². The van der Waals surface area contributed by atoms with Crippen molar-refractivity contribution < 1.29 is 34.3 Å². The van der Waals surface area contributed by atoms with Crippen molar-refractivity contribution in [2.75, 3.05) is 21.3 Å². The zero-order chi connectivity index (χ0) is 13.3. The first-order valence-corrected chi connectivity index (χ1v) is 4.62. The third-order valence-corrected chi connectivity index (χ3v) is 2.53. The van der Waals surface area contributed by atoms with Crippen LogP contribution < -0.4 is 0 Å². The highest BCUT2D eigenvalue weighted by Gasteiger charge is 2.56. The number of hydrogen-bond acceptors (Lipinski definition) is 6. The highest BCUT2D eigenvalue weighted by Crippen LogP contribution is 2.37. The van der Waals surface area contributed by atoms with Crippen LogP contribution in [-0.2, 0) is 19.0 Å². The summed E-state index contributed by atoms with van der Waals surface area (Å²) in [5.41, 5.74) is -0.232. The van der Waals surface area contributed by atoms with E-state index in [2.05, 4.69) is 0 Å². The van der Waals surface area contributed by atoms with E-state index in [4.69, 9.17) is 19.3 Å². The molecule has 7 nitrogen and oxygen atoms in total. The number of ether oxygens (including phenoxy) is 3. The number of aliphatic hydroxyl groups is 2. The van der Waals surface area contributed by atoms with Gasteiger partial charge in [0, 0.05) is 14.2 Å². The maximum Gasteiger partial charge on any atom is 0.335 e. The molecule has 0 bridgehead atoms. The van der Waals surface area contributed by atoms with Crippen molar-refractivity contribution in [3.63, 3.8) is 0 Å². The molecule has 0 aromatic heterocycles. The summed E-state index contributed by atoms with van der Waals surface area (Å²) in [7, 11) is 3.48. The van der Waals surface area contributed by atoms with Crippen LogP contribution in [0.5, 0.6) is 0 Å². The molecule has 1 rings (SSSR count). The van der Waals surface area contributed by atoms with E-state index >= 15 is 0 Å². The van der Waals surface area contributed by atoms with E-state index in [9.17, 15) is 15.0 Å².